The maximum Gasteiger partial charge on any atom is 0.246 e. The number of rotatable bonds is 8. The number of aromatic nitrogens is 2. The summed E-state index contributed by atoms with van der Waals surface area (Å²) in [5.41, 5.74) is 0. The monoisotopic (exact) mass is 291 g/mol. The van der Waals surface area contributed by atoms with Crippen LogP contribution in [0.4, 0.5) is 0 Å². The Morgan fingerprint density at radius 2 is 2.26 bits per heavy atom. The molecule has 1 rings (SSSR count). The zero-order valence-corrected chi connectivity index (χ0v) is 12.3. The summed E-state index contributed by atoms with van der Waals surface area (Å²) in [4.78, 5) is 0.149. The second-order valence-corrected chi connectivity index (χ2v) is 6.34. The van der Waals surface area contributed by atoms with Gasteiger partial charge in [-0.3, -0.25) is 4.68 Å². The van der Waals surface area contributed by atoms with Crippen molar-refractivity contribution in [1.29, 1.82) is 0 Å². The number of hydrogen-bond acceptors (Lipinski definition) is 5. The molecule has 0 amide bonds. The molecule has 1 aromatic rings. The maximum absolute atomic E-state index is 12.3. The van der Waals surface area contributed by atoms with Gasteiger partial charge in [-0.15, -0.1) is 0 Å². The van der Waals surface area contributed by atoms with Crippen molar-refractivity contribution < 1.29 is 18.3 Å². The molecule has 1 atom stereocenters. The molecule has 1 N–H and O–H groups in total. The van der Waals surface area contributed by atoms with E-state index in [1.165, 1.54) is 35.5 Å². The van der Waals surface area contributed by atoms with E-state index in [0.29, 0.717) is 19.6 Å². The molecule has 0 bridgehead atoms. The number of sulfonamides is 1. The molecular weight excluding hydrogens is 270 g/mol. The van der Waals surface area contributed by atoms with Crippen molar-refractivity contribution in [1.82, 2.24) is 14.1 Å². The van der Waals surface area contributed by atoms with E-state index in [1.54, 1.807) is 6.92 Å². The number of likely N-dealkylation sites (N-methyl/N-ethyl adjacent to an activating group) is 1. The van der Waals surface area contributed by atoms with E-state index >= 15 is 0 Å². The molecule has 0 saturated heterocycles. The van der Waals surface area contributed by atoms with Crippen LogP contribution in [0.1, 0.15) is 13.3 Å². The highest BCUT2D eigenvalue weighted by Gasteiger charge is 2.26. The molecule has 1 heterocycles. The molecule has 0 saturated carbocycles. The number of aliphatic hydroxyl groups excluding tert-OH is 1. The number of ether oxygens (including phenoxy) is 1. The first kappa shape index (κ1) is 16.1. The highest BCUT2D eigenvalue weighted by atomic mass is 32.2. The van der Waals surface area contributed by atoms with Crippen LogP contribution in [0.2, 0.25) is 0 Å². The second-order valence-electron chi connectivity index (χ2n) is 4.34. The maximum atomic E-state index is 12.3. The third-order valence-corrected chi connectivity index (χ3v) is 4.79. The third kappa shape index (κ3) is 4.00. The summed E-state index contributed by atoms with van der Waals surface area (Å²) >= 11 is 0. The summed E-state index contributed by atoms with van der Waals surface area (Å²) in [7, 11) is -0.508. The lowest BCUT2D eigenvalue weighted by atomic mass is 10.4. The van der Waals surface area contributed by atoms with E-state index in [0.717, 1.165) is 0 Å². The van der Waals surface area contributed by atoms with Crippen molar-refractivity contribution in [2.24, 2.45) is 0 Å². The van der Waals surface area contributed by atoms with Crippen LogP contribution in [0.25, 0.3) is 0 Å². The van der Waals surface area contributed by atoms with Gasteiger partial charge in [-0.1, -0.05) is 0 Å². The largest absolute Gasteiger partial charge is 0.396 e. The molecule has 0 spiro atoms. The van der Waals surface area contributed by atoms with Gasteiger partial charge in [0.2, 0.25) is 10.0 Å². The van der Waals surface area contributed by atoms with Gasteiger partial charge in [0.15, 0.2) is 0 Å². The van der Waals surface area contributed by atoms with Gasteiger partial charge >= 0.3 is 0 Å². The summed E-state index contributed by atoms with van der Waals surface area (Å²) in [5, 5.41) is 12.7. The molecule has 0 aliphatic rings. The highest BCUT2D eigenvalue weighted by molar-refractivity contribution is 7.89. The van der Waals surface area contributed by atoms with Gasteiger partial charge in [-0.05, 0) is 13.3 Å². The summed E-state index contributed by atoms with van der Waals surface area (Å²) in [6.07, 6.45) is 3.33. The van der Waals surface area contributed by atoms with Crippen LogP contribution in [0.3, 0.4) is 0 Å². The Kier molecular flexibility index (Phi) is 5.92. The van der Waals surface area contributed by atoms with Gasteiger partial charge in [0.05, 0.1) is 12.8 Å². The zero-order chi connectivity index (χ0) is 14.5. The molecule has 0 aliphatic carbocycles. The fourth-order valence-corrected chi connectivity index (χ4v) is 2.88. The van der Waals surface area contributed by atoms with Gasteiger partial charge in [0, 0.05) is 39.5 Å². The van der Waals surface area contributed by atoms with E-state index in [2.05, 4.69) is 5.10 Å². The van der Waals surface area contributed by atoms with Crippen molar-refractivity contribution in [3.63, 3.8) is 0 Å². The van der Waals surface area contributed by atoms with Gasteiger partial charge in [-0.2, -0.15) is 9.40 Å². The minimum Gasteiger partial charge on any atom is -0.396 e. The quantitative estimate of drug-likeness (QED) is 0.724. The Labute approximate surface area is 113 Å². The molecule has 1 aromatic heterocycles. The average Bonchev–Trinajstić information content (AvgIpc) is 2.85. The van der Waals surface area contributed by atoms with Crippen molar-refractivity contribution in [2.45, 2.75) is 30.8 Å². The number of nitrogens with zero attached hydrogens (tertiary/aromatic N) is 3. The molecule has 0 aliphatic heterocycles. The van der Waals surface area contributed by atoms with Crippen LogP contribution >= 0.6 is 0 Å². The van der Waals surface area contributed by atoms with Crippen molar-refractivity contribution in [2.75, 3.05) is 27.4 Å². The van der Waals surface area contributed by atoms with Crippen LogP contribution in [0, 0.1) is 0 Å². The minimum atomic E-state index is -3.56. The molecule has 7 nitrogen and oxygen atoms in total. The van der Waals surface area contributed by atoms with Crippen LogP contribution in [0.5, 0.6) is 0 Å². The van der Waals surface area contributed by atoms with Gasteiger partial charge < -0.3 is 9.84 Å². The molecule has 0 fully saturated rings. The van der Waals surface area contributed by atoms with Crippen molar-refractivity contribution in [3.8, 4) is 0 Å². The van der Waals surface area contributed by atoms with E-state index in [-0.39, 0.29) is 17.5 Å². The van der Waals surface area contributed by atoms with E-state index in [1.807, 2.05) is 0 Å². The highest BCUT2D eigenvalue weighted by Crippen LogP contribution is 2.16. The summed E-state index contributed by atoms with van der Waals surface area (Å²) in [6, 6.07) is -0.254. The van der Waals surface area contributed by atoms with Crippen LogP contribution in [-0.4, -0.2) is 61.0 Å². The standard InChI is InChI=1S/C11H21N3O4S/c1-10(9-18-3)13(2)19(16,17)11-7-12-14(8-11)5-4-6-15/h7-8,10,15H,4-6,9H2,1-3H3. The van der Waals surface area contributed by atoms with Crippen LogP contribution < -0.4 is 0 Å². The Morgan fingerprint density at radius 3 is 2.84 bits per heavy atom. The Balaban J connectivity index is 2.84. The molecular formula is C11H21N3O4S. The first-order chi connectivity index (χ1) is 8.93. The normalized spacial score (nSPS) is 13.9. The Morgan fingerprint density at radius 1 is 1.58 bits per heavy atom. The van der Waals surface area contributed by atoms with Crippen molar-refractivity contribution >= 4 is 10.0 Å². The molecule has 8 heteroatoms. The van der Waals surface area contributed by atoms with Gasteiger partial charge in [0.25, 0.3) is 0 Å². The van der Waals surface area contributed by atoms with E-state index in [4.69, 9.17) is 9.84 Å². The summed E-state index contributed by atoms with van der Waals surface area (Å²) < 4.78 is 32.3. The number of aliphatic hydroxyl groups is 1. The van der Waals surface area contributed by atoms with E-state index < -0.39 is 10.0 Å². The molecule has 19 heavy (non-hydrogen) atoms. The Bertz CT molecular complexity index is 486. The number of methoxy groups -OCH3 is 1. The zero-order valence-electron chi connectivity index (χ0n) is 11.5. The first-order valence-electron chi connectivity index (χ1n) is 6.03. The minimum absolute atomic E-state index is 0.0483. The molecule has 110 valence electrons. The number of aryl methyl sites for hydroxylation is 1. The third-order valence-electron chi connectivity index (χ3n) is 2.86. The lowest BCUT2D eigenvalue weighted by molar-refractivity contribution is 0.149. The second kappa shape index (κ2) is 6.99. The van der Waals surface area contributed by atoms with Crippen molar-refractivity contribution in [3.05, 3.63) is 12.4 Å². The average molecular weight is 291 g/mol. The molecule has 0 radical (unpaired) electrons. The topological polar surface area (TPSA) is 84.7 Å². The van der Waals surface area contributed by atoms with Gasteiger partial charge in [0.1, 0.15) is 4.90 Å². The number of hydrogen-bond donors (Lipinski definition) is 1. The lowest BCUT2D eigenvalue weighted by Gasteiger charge is -2.22. The fraction of sp³-hybridized carbons (Fsp3) is 0.727. The van der Waals surface area contributed by atoms with E-state index in [9.17, 15) is 8.42 Å². The smallest absolute Gasteiger partial charge is 0.246 e. The lowest BCUT2D eigenvalue weighted by Crippen LogP contribution is -2.37. The fourth-order valence-electron chi connectivity index (χ4n) is 1.58. The Hall–Kier alpha value is -0.960. The predicted molar refractivity (Wildman–Crippen MR) is 70.2 cm³/mol. The SMILES string of the molecule is COCC(C)N(C)S(=O)(=O)c1cnn(CCCO)c1. The van der Waals surface area contributed by atoms with Crippen LogP contribution in [-0.2, 0) is 21.3 Å². The molecule has 0 aromatic carbocycles. The first-order valence-corrected chi connectivity index (χ1v) is 7.47. The summed E-state index contributed by atoms with van der Waals surface area (Å²) in [6.45, 7) is 2.64. The van der Waals surface area contributed by atoms with Gasteiger partial charge in [-0.25, -0.2) is 8.42 Å². The predicted octanol–water partition coefficient (Wildman–Crippen LogP) is -0.0791. The summed E-state index contributed by atoms with van der Waals surface area (Å²) in [5.74, 6) is 0. The molecule has 1 unspecified atom stereocenters. The van der Waals surface area contributed by atoms with Crippen LogP contribution in [0.15, 0.2) is 17.3 Å².